The number of rotatable bonds is 4. The molecule has 0 spiro atoms. The van der Waals surface area contributed by atoms with Crippen LogP contribution in [0.2, 0.25) is 0 Å². The molecule has 8 heteroatoms. The first-order chi connectivity index (χ1) is 9.04. The van der Waals surface area contributed by atoms with E-state index >= 15 is 0 Å². The number of carboxylic acid groups (broad SMARTS) is 1. The van der Waals surface area contributed by atoms with Crippen molar-refractivity contribution in [1.82, 2.24) is 20.2 Å². The Morgan fingerprint density at radius 2 is 2.00 bits per heavy atom. The number of benzene rings is 1. The first-order valence-corrected chi connectivity index (χ1v) is 5.54. The Balaban J connectivity index is 2.52. The fraction of sp³-hybridized carbons (Fsp3) is 0.273. The van der Waals surface area contributed by atoms with Gasteiger partial charge in [-0.05, 0) is 16.8 Å². The lowest BCUT2D eigenvalue weighted by molar-refractivity contribution is 0.0686. The molecule has 2 rings (SSSR count). The highest BCUT2D eigenvalue weighted by molar-refractivity contribution is 5.88. The van der Waals surface area contributed by atoms with Crippen molar-refractivity contribution in [3.05, 3.63) is 35.2 Å². The summed E-state index contributed by atoms with van der Waals surface area (Å²) in [6.07, 6.45) is 1.30. The van der Waals surface area contributed by atoms with Crippen LogP contribution >= 0.6 is 0 Å². The van der Waals surface area contributed by atoms with Crippen LogP contribution in [0.25, 0.3) is 5.69 Å². The zero-order valence-corrected chi connectivity index (χ0v) is 9.97. The van der Waals surface area contributed by atoms with E-state index in [1.807, 2.05) is 6.92 Å². The molecule has 0 aliphatic heterocycles. The summed E-state index contributed by atoms with van der Waals surface area (Å²) >= 11 is 0. The largest absolute Gasteiger partial charge is 0.477 e. The summed E-state index contributed by atoms with van der Waals surface area (Å²) < 4.78 is 28.3. The molecule has 0 fully saturated rings. The van der Waals surface area contributed by atoms with E-state index in [2.05, 4.69) is 15.5 Å². The number of hydrogen-bond donors (Lipinski definition) is 1. The first-order valence-electron chi connectivity index (χ1n) is 5.54. The summed E-state index contributed by atoms with van der Waals surface area (Å²) in [5.74, 6) is -3.54. The fourth-order valence-corrected chi connectivity index (χ4v) is 1.67. The van der Waals surface area contributed by atoms with Crippen LogP contribution in [0.4, 0.5) is 8.78 Å². The minimum atomic E-state index is -1.66. The van der Waals surface area contributed by atoms with Crippen molar-refractivity contribution >= 4 is 5.97 Å². The normalized spacial score (nSPS) is 10.7. The van der Waals surface area contributed by atoms with Crippen molar-refractivity contribution < 1.29 is 18.7 Å². The van der Waals surface area contributed by atoms with Crippen LogP contribution < -0.4 is 0 Å². The third kappa shape index (κ3) is 2.42. The Labute approximate surface area is 106 Å². The number of aromatic nitrogens is 4. The van der Waals surface area contributed by atoms with Crippen LogP contribution in [-0.4, -0.2) is 31.3 Å². The van der Waals surface area contributed by atoms with Gasteiger partial charge < -0.3 is 5.11 Å². The van der Waals surface area contributed by atoms with E-state index in [1.165, 1.54) is 4.68 Å². The Bertz CT molecular complexity index is 604. The van der Waals surface area contributed by atoms with Gasteiger partial charge in [-0.3, -0.25) is 0 Å². The van der Waals surface area contributed by atoms with Gasteiger partial charge in [0.15, 0.2) is 5.82 Å². The van der Waals surface area contributed by atoms with Gasteiger partial charge >= 0.3 is 5.97 Å². The average Bonchev–Trinajstić information content (AvgIpc) is 2.76. The van der Waals surface area contributed by atoms with Crippen LogP contribution in [-0.2, 0) is 6.42 Å². The highest BCUT2D eigenvalue weighted by atomic mass is 19.1. The molecule has 0 saturated heterocycles. The second kappa shape index (κ2) is 5.09. The molecule has 1 aromatic heterocycles. The van der Waals surface area contributed by atoms with Gasteiger partial charge in [0.1, 0.15) is 17.2 Å². The molecule has 0 bridgehead atoms. The third-order valence-electron chi connectivity index (χ3n) is 2.49. The van der Waals surface area contributed by atoms with Gasteiger partial charge in [-0.15, -0.1) is 5.10 Å². The molecule has 6 nitrogen and oxygen atoms in total. The number of aryl methyl sites for hydroxylation is 1. The van der Waals surface area contributed by atoms with Gasteiger partial charge in [0, 0.05) is 18.6 Å². The second-order valence-corrected chi connectivity index (χ2v) is 3.85. The number of carboxylic acids is 1. The summed E-state index contributed by atoms with van der Waals surface area (Å²) in [5.41, 5.74) is -0.942. The van der Waals surface area contributed by atoms with E-state index in [4.69, 9.17) is 5.11 Å². The smallest absolute Gasteiger partial charge is 0.341 e. The SMILES string of the molecule is CCCc1nnnn1-c1cc(F)c(C(=O)O)c(F)c1. The number of aromatic carboxylic acids is 1. The second-order valence-electron chi connectivity index (χ2n) is 3.85. The van der Waals surface area contributed by atoms with E-state index in [1.54, 1.807) is 0 Å². The molecule has 0 amide bonds. The summed E-state index contributed by atoms with van der Waals surface area (Å²) in [6, 6.07) is 1.78. The standard InChI is InChI=1S/C11H10F2N4O2/c1-2-3-9-14-15-16-17(9)6-4-7(12)10(11(18)19)8(13)5-6/h4-5H,2-3H2,1H3,(H,18,19). The van der Waals surface area contributed by atoms with Crippen LogP contribution in [0.3, 0.4) is 0 Å². The summed E-state index contributed by atoms with van der Waals surface area (Å²) in [6.45, 7) is 1.91. The lowest BCUT2D eigenvalue weighted by Crippen LogP contribution is -2.09. The molecule has 0 aliphatic carbocycles. The molecular weight excluding hydrogens is 258 g/mol. The molecule has 1 N–H and O–H groups in total. The van der Waals surface area contributed by atoms with Crippen molar-refractivity contribution in [2.75, 3.05) is 0 Å². The number of hydrogen-bond acceptors (Lipinski definition) is 4. The van der Waals surface area contributed by atoms with E-state index in [9.17, 15) is 13.6 Å². The average molecular weight is 268 g/mol. The maximum Gasteiger partial charge on any atom is 0.341 e. The predicted molar refractivity (Wildman–Crippen MR) is 60.0 cm³/mol. The fourth-order valence-electron chi connectivity index (χ4n) is 1.67. The van der Waals surface area contributed by atoms with E-state index in [0.29, 0.717) is 12.2 Å². The molecule has 0 atom stereocenters. The minimum absolute atomic E-state index is 0.0495. The number of carbonyl (C=O) groups is 1. The molecule has 2 aromatic rings. The molecule has 1 aromatic carbocycles. The van der Waals surface area contributed by atoms with Crippen molar-refractivity contribution in [2.45, 2.75) is 19.8 Å². The predicted octanol–water partition coefficient (Wildman–Crippen LogP) is 1.59. The third-order valence-corrected chi connectivity index (χ3v) is 2.49. The maximum absolute atomic E-state index is 13.6. The Morgan fingerprint density at radius 1 is 1.37 bits per heavy atom. The van der Waals surface area contributed by atoms with Crippen LogP contribution in [0.1, 0.15) is 29.5 Å². The van der Waals surface area contributed by atoms with Crippen molar-refractivity contribution in [3.63, 3.8) is 0 Å². The quantitative estimate of drug-likeness (QED) is 0.910. The number of tetrazole rings is 1. The topological polar surface area (TPSA) is 80.9 Å². The highest BCUT2D eigenvalue weighted by Crippen LogP contribution is 2.18. The molecule has 0 aliphatic rings. The zero-order valence-electron chi connectivity index (χ0n) is 9.97. The van der Waals surface area contributed by atoms with Gasteiger partial charge in [-0.1, -0.05) is 6.92 Å². The van der Waals surface area contributed by atoms with Gasteiger partial charge in [0.25, 0.3) is 0 Å². The van der Waals surface area contributed by atoms with Crippen molar-refractivity contribution in [1.29, 1.82) is 0 Å². The van der Waals surface area contributed by atoms with Crippen molar-refractivity contribution in [3.8, 4) is 5.69 Å². The van der Waals surface area contributed by atoms with E-state index in [-0.39, 0.29) is 5.69 Å². The van der Waals surface area contributed by atoms with E-state index in [0.717, 1.165) is 18.6 Å². The molecule has 0 radical (unpaired) electrons. The maximum atomic E-state index is 13.6. The highest BCUT2D eigenvalue weighted by Gasteiger charge is 2.19. The lowest BCUT2D eigenvalue weighted by atomic mass is 10.1. The Kier molecular flexibility index (Phi) is 3.50. The van der Waals surface area contributed by atoms with Crippen LogP contribution in [0.5, 0.6) is 0 Å². The summed E-state index contributed by atoms with van der Waals surface area (Å²) in [7, 11) is 0. The van der Waals surface area contributed by atoms with Gasteiger partial charge in [-0.25, -0.2) is 13.6 Å². The van der Waals surface area contributed by atoms with Gasteiger partial charge in [0.2, 0.25) is 0 Å². The molecular formula is C11H10F2N4O2. The van der Waals surface area contributed by atoms with Gasteiger partial charge in [-0.2, -0.15) is 4.68 Å². The number of nitrogens with zero attached hydrogens (tertiary/aromatic N) is 4. The van der Waals surface area contributed by atoms with Crippen LogP contribution in [0, 0.1) is 11.6 Å². The first kappa shape index (κ1) is 13.1. The van der Waals surface area contributed by atoms with E-state index < -0.39 is 23.2 Å². The minimum Gasteiger partial charge on any atom is -0.477 e. The van der Waals surface area contributed by atoms with Gasteiger partial charge in [0.05, 0.1) is 5.69 Å². The summed E-state index contributed by atoms with van der Waals surface area (Å²) in [5, 5.41) is 19.5. The molecule has 0 unspecified atom stereocenters. The molecule has 100 valence electrons. The van der Waals surface area contributed by atoms with Crippen molar-refractivity contribution in [2.24, 2.45) is 0 Å². The molecule has 19 heavy (non-hydrogen) atoms. The molecule has 1 heterocycles. The Hall–Kier alpha value is -2.38. The van der Waals surface area contributed by atoms with Crippen LogP contribution in [0.15, 0.2) is 12.1 Å². The summed E-state index contributed by atoms with van der Waals surface area (Å²) in [4.78, 5) is 10.7. The monoisotopic (exact) mass is 268 g/mol. The lowest BCUT2D eigenvalue weighted by Gasteiger charge is -2.06. The zero-order chi connectivity index (χ0) is 14.0. The molecule has 0 saturated carbocycles. The number of halogens is 2. The Morgan fingerprint density at radius 3 is 2.53 bits per heavy atom.